The third kappa shape index (κ3) is 3.60. The molecule has 0 saturated carbocycles. The lowest BCUT2D eigenvalue weighted by Gasteiger charge is -2.24. The number of nitrogens with zero attached hydrogens (tertiary/aromatic N) is 1. The number of benzene rings is 2. The Hall–Kier alpha value is -2.73. The van der Waals surface area contributed by atoms with Crippen LogP contribution < -0.4 is 19.6 Å². The second-order valence-corrected chi connectivity index (χ2v) is 5.40. The third-order valence-electron chi connectivity index (χ3n) is 3.36. The second-order valence-electron chi connectivity index (χ2n) is 4.99. The molecule has 1 aliphatic rings. The van der Waals surface area contributed by atoms with Crippen molar-refractivity contribution in [3.8, 4) is 17.2 Å². The number of para-hydroxylation sites is 2. The Labute approximate surface area is 144 Å². The van der Waals surface area contributed by atoms with Gasteiger partial charge >= 0.3 is 0 Å². The second kappa shape index (κ2) is 7.23. The fourth-order valence-electron chi connectivity index (χ4n) is 2.15. The van der Waals surface area contributed by atoms with Crippen LogP contribution in [0.15, 0.2) is 47.6 Å². The minimum Gasteiger partial charge on any atom is -0.495 e. The van der Waals surface area contributed by atoms with Crippen LogP contribution in [-0.4, -0.2) is 31.9 Å². The number of rotatable bonds is 4. The maximum Gasteiger partial charge on any atom is 0.284 e. The summed E-state index contributed by atoms with van der Waals surface area (Å²) < 4.78 is 16.2. The Morgan fingerprint density at radius 3 is 2.92 bits per heavy atom. The van der Waals surface area contributed by atoms with Crippen LogP contribution in [0.5, 0.6) is 17.2 Å². The summed E-state index contributed by atoms with van der Waals surface area (Å²) in [6, 6.07) is 12.4. The Balaban J connectivity index is 1.60. The van der Waals surface area contributed by atoms with Crippen molar-refractivity contribution in [1.29, 1.82) is 0 Å². The van der Waals surface area contributed by atoms with Gasteiger partial charge in [-0.1, -0.05) is 29.8 Å². The molecule has 0 aromatic heterocycles. The van der Waals surface area contributed by atoms with Gasteiger partial charge in [0.05, 0.1) is 18.3 Å². The molecular weight excluding hydrogens is 332 g/mol. The van der Waals surface area contributed by atoms with Gasteiger partial charge in [-0.05, 0) is 29.8 Å². The molecule has 0 radical (unpaired) electrons. The quantitative estimate of drug-likeness (QED) is 0.682. The van der Waals surface area contributed by atoms with E-state index in [-0.39, 0.29) is 12.5 Å². The van der Waals surface area contributed by atoms with E-state index >= 15 is 0 Å². The van der Waals surface area contributed by atoms with Crippen LogP contribution in [0.2, 0.25) is 5.02 Å². The average molecular weight is 347 g/mol. The monoisotopic (exact) mass is 346 g/mol. The van der Waals surface area contributed by atoms with Gasteiger partial charge in [0.15, 0.2) is 11.5 Å². The number of amides is 1. The molecule has 0 unspecified atom stereocenters. The zero-order valence-electron chi connectivity index (χ0n) is 12.9. The van der Waals surface area contributed by atoms with Gasteiger partial charge in [0.2, 0.25) is 6.10 Å². The SMILES string of the molecule is COc1cc(C=NNC(=O)[C@@H]2COc3ccccc3O2)ccc1Cl. The molecule has 0 bridgehead atoms. The van der Waals surface area contributed by atoms with Gasteiger partial charge in [-0.15, -0.1) is 0 Å². The van der Waals surface area contributed by atoms with Crippen LogP contribution in [0.25, 0.3) is 0 Å². The van der Waals surface area contributed by atoms with E-state index in [1.807, 2.05) is 12.1 Å². The standard InChI is InChI=1S/C17H15ClN2O4/c1-22-15-8-11(6-7-12(15)18)9-19-20-17(21)16-10-23-13-4-2-3-5-14(13)24-16/h2-9,16H,10H2,1H3,(H,20,21)/t16-/m0/s1. The average Bonchev–Trinajstić information content (AvgIpc) is 2.62. The summed E-state index contributed by atoms with van der Waals surface area (Å²) >= 11 is 5.95. The van der Waals surface area contributed by atoms with E-state index in [1.165, 1.54) is 13.3 Å². The van der Waals surface area contributed by atoms with E-state index in [4.69, 9.17) is 25.8 Å². The Bertz CT molecular complexity index is 779. The van der Waals surface area contributed by atoms with Crippen LogP contribution in [0.3, 0.4) is 0 Å². The summed E-state index contributed by atoms with van der Waals surface area (Å²) in [6.45, 7) is 0.132. The minimum atomic E-state index is -0.753. The van der Waals surface area contributed by atoms with Crippen LogP contribution in [0.1, 0.15) is 5.56 Å². The highest BCUT2D eigenvalue weighted by molar-refractivity contribution is 6.32. The molecule has 124 valence electrons. The first-order valence-electron chi connectivity index (χ1n) is 7.22. The number of halogens is 1. The van der Waals surface area contributed by atoms with E-state index in [0.717, 1.165) is 5.56 Å². The smallest absolute Gasteiger partial charge is 0.284 e. The molecule has 0 fully saturated rings. The summed E-state index contributed by atoms with van der Waals surface area (Å²) in [5.74, 6) is 1.31. The molecular formula is C17H15ClN2O4. The first-order valence-corrected chi connectivity index (χ1v) is 7.60. The summed E-state index contributed by atoms with van der Waals surface area (Å²) in [6.07, 6.45) is 0.741. The maximum absolute atomic E-state index is 12.1. The van der Waals surface area contributed by atoms with Crippen molar-refractivity contribution in [2.75, 3.05) is 13.7 Å². The molecule has 0 aliphatic carbocycles. The van der Waals surface area contributed by atoms with Crippen molar-refractivity contribution in [2.45, 2.75) is 6.10 Å². The maximum atomic E-state index is 12.1. The summed E-state index contributed by atoms with van der Waals surface area (Å²) in [5, 5.41) is 4.42. The molecule has 0 saturated heterocycles. The number of fused-ring (bicyclic) bond motifs is 1. The molecule has 1 heterocycles. The number of ether oxygens (including phenoxy) is 3. The zero-order valence-corrected chi connectivity index (χ0v) is 13.6. The number of hydrazone groups is 1. The first-order chi connectivity index (χ1) is 11.7. The van der Waals surface area contributed by atoms with Crippen LogP contribution >= 0.6 is 11.6 Å². The van der Waals surface area contributed by atoms with Crippen molar-refractivity contribution in [2.24, 2.45) is 5.10 Å². The number of carbonyl (C=O) groups is 1. The summed E-state index contributed by atoms with van der Waals surface area (Å²) in [4.78, 5) is 12.1. The number of hydrogen-bond acceptors (Lipinski definition) is 5. The fraction of sp³-hybridized carbons (Fsp3) is 0.176. The molecule has 24 heavy (non-hydrogen) atoms. The molecule has 1 atom stereocenters. The Kier molecular flexibility index (Phi) is 4.86. The predicted octanol–water partition coefficient (Wildman–Crippen LogP) is 2.64. The van der Waals surface area contributed by atoms with Gasteiger partial charge in [-0.25, -0.2) is 5.43 Å². The number of carbonyl (C=O) groups excluding carboxylic acids is 1. The third-order valence-corrected chi connectivity index (χ3v) is 3.68. The Morgan fingerprint density at radius 1 is 1.33 bits per heavy atom. The van der Waals surface area contributed by atoms with Crippen molar-refractivity contribution in [3.63, 3.8) is 0 Å². The highest BCUT2D eigenvalue weighted by atomic mass is 35.5. The van der Waals surface area contributed by atoms with Crippen molar-refractivity contribution in [1.82, 2.24) is 5.43 Å². The molecule has 1 aliphatic heterocycles. The van der Waals surface area contributed by atoms with Gasteiger partial charge < -0.3 is 14.2 Å². The van der Waals surface area contributed by atoms with E-state index < -0.39 is 6.10 Å². The lowest BCUT2D eigenvalue weighted by molar-refractivity contribution is -0.130. The molecule has 3 rings (SSSR count). The van der Waals surface area contributed by atoms with Gasteiger partial charge in [-0.3, -0.25) is 4.79 Å². The van der Waals surface area contributed by atoms with Crippen molar-refractivity contribution >= 4 is 23.7 Å². The zero-order chi connectivity index (χ0) is 16.9. The van der Waals surface area contributed by atoms with Crippen molar-refractivity contribution in [3.05, 3.63) is 53.1 Å². The van der Waals surface area contributed by atoms with E-state index in [2.05, 4.69) is 10.5 Å². The van der Waals surface area contributed by atoms with Crippen LogP contribution in [0.4, 0.5) is 0 Å². The number of hydrogen-bond donors (Lipinski definition) is 1. The largest absolute Gasteiger partial charge is 0.495 e. The normalized spacial score (nSPS) is 16.0. The lowest BCUT2D eigenvalue weighted by Crippen LogP contribution is -2.42. The molecule has 6 nitrogen and oxygen atoms in total. The number of nitrogens with one attached hydrogen (secondary N) is 1. The molecule has 1 amide bonds. The molecule has 2 aromatic carbocycles. The molecule has 0 spiro atoms. The van der Waals surface area contributed by atoms with E-state index in [9.17, 15) is 4.79 Å². The van der Waals surface area contributed by atoms with Gasteiger partial charge in [0, 0.05) is 0 Å². The van der Waals surface area contributed by atoms with Gasteiger partial charge in [-0.2, -0.15) is 5.10 Å². The topological polar surface area (TPSA) is 69.2 Å². The molecule has 1 N–H and O–H groups in total. The van der Waals surface area contributed by atoms with Gasteiger partial charge in [0.1, 0.15) is 12.4 Å². The predicted molar refractivity (Wildman–Crippen MR) is 90.1 cm³/mol. The van der Waals surface area contributed by atoms with Crippen LogP contribution in [-0.2, 0) is 4.79 Å². The highest BCUT2D eigenvalue weighted by Gasteiger charge is 2.26. The van der Waals surface area contributed by atoms with Crippen LogP contribution in [0, 0.1) is 0 Å². The van der Waals surface area contributed by atoms with E-state index in [1.54, 1.807) is 30.3 Å². The fourth-order valence-corrected chi connectivity index (χ4v) is 2.34. The first kappa shape index (κ1) is 16.1. The molecule has 2 aromatic rings. The summed E-state index contributed by atoms with van der Waals surface area (Å²) in [7, 11) is 1.53. The summed E-state index contributed by atoms with van der Waals surface area (Å²) in [5.41, 5.74) is 3.17. The lowest BCUT2D eigenvalue weighted by atomic mass is 10.2. The van der Waals surface area contributed by atoms with E-state index in [0.29, 0.717) is 22.3 Å². The minimum absolute atomic E-state index is 0.132. The van der Waals surface area contributed by atoms with Gasteiger partial charge in [0.25, 0.3) is 5.91 Å². The number of methoxy groups -OCH3 is 1. The van der Waals surface area contributed by atoms with Crippen molar-refractivity contribution < 1.29 is 19.0 Å². The molecule has 7 heteroatoms. The highest BCUT2D eigenvalue weighted by Crippen LogP contribution is 2.30. The Morgan fingerprint density at radius 2 is 2.12 bits per heavy atom.